The lowest BCUT2D eigenvalue weighted by Crippen LogP contribution is -2.22. The van der Waals surface area contributed by atoms with E-state index in [1.807, 2.05) is 18.1 Å². The van der Waals surface area contributed by atoms with E-state index in [0.29, 0.717) is 0 Å². The van der Waals surface area contributed by atoms with E-state index < -0.39 is 9.93 Å². The molecule has 10 heavy (non-hydrogen) atoms. The fraction of sp³-hybridized carbons (Fsp3) is 0.667. The van der Waals surface area contributed by atoms with Crippen LogP contribution in [0.2, 0.25) is 0 Å². The summed E-state index contributed by atoms with van der Waals surface area (Å²) in [6, 6.07) is 0. The first kappa shape index (κ1) is 7.60. The van der Waals surface area contributed by atoms with Gasteiger partial charge in [0.15, 0.2) is 0 Å². The highest BCUT2D eigenvalue weighted by atomic mass is 32.2. The Morgan fingerprint density at radius 2 is 2.30 bits per heavy atom. The fourth-order valence-corrected chi connectivity index (χ4v) is 1.76. The highest BCUT2D eigenvalue weighted by molar-refractivity contribution is 8.05. The molecule has 1 rings (SSSR count). The smallest absolute Gasteiger partial charge is 0.0923 e. The molecule has 0 atom stereocenters. The van der Waals surface area contributed by atoms with Gasteiger partial charge in [-0.3, -0.25) is 4.21 Å². The maximum Gasteiger partial charge on any atom is 0.0923 e. The molecular weight excluding hydrogens is 148 g/mol. The molecule has 1 aliphatic heterocycles. The molecule has 3 nitrogen and oxygen atoms in total. The summed E-state index contributed by atoms with van der Waals surface area (Å²) in [5, 5.41) is 3.95. The zero-order valence-electron chi connectivity index (χ0n) is 6.59. The van der Waals surface area contributed by atoms with Gasteiger partial charge < -0.3 is 10.2 Å². The van der Waals surface area contributed by atoms with Crippen LogP contribution in [0.1, 0.15) is 0 Å². The largest absolute Gasteiger partial charge is 0.361 e. The first-order valence-electron chi connectivity index (χ1n) is 3.21. The molecule has 0 amide bonds. The molecule has 0 bridgehead atoms. The zero-order valence-corrected chi connectivity index (χ0v) is 7.48. The average Bonchev–Trinajstić information content (AvgIpc) is 2.11. The summed E-state index contributed by atoms with van der Waals surface area (Å²) in [5.41, 5.74) is 0. The first-order chi connectivity index (χ1) is 4.50. The Morgan fingerprint density at radius 3 is 2.50 bits per heavy atom. The predicted molar refractivity (Wildman–Crippen MR) is 45.2 cm³/mol. The lowest BCUT2D eigenvalue weighted by atomic mass is 10.9. The molecule has 0 fully saturated rings. The number of nitrogens with one attached hydrogen (secondary N) is 1. The third-order valence-electron chi connectivity index (χ3n) is 1.43. The van der Waals surface area contributed by atoms with E-state index in [9.17, 15) is 4.21 Å². The average molecular weight is 162 g/mol. The minimum Gasteiger partial charge on any atom is -0.361 e. The van der Waals surface area contributed by atoms with Crippen molar-refractivity contribution in [1.82, 2.24) is 10.2 Å². The Balaban J connectivity index is 2.77. The van der Waals surface area contributed by atoms with Gasteiger partial charge in [-0.2, -0.15) is 0 Å². The van der Waals surface area contributed by atoms with Crippen LogP contribution in [-0.4, -0.2) is 35.3 Å². The van der Waals surface area contributed by atoms with Crippen LogP contribution in [0.4, 0.5) is 0 Å². The van der Waals surface area contributed by atoms with Gasteiger partial charge in [0.25, 0.3) is 0 Å². The van der Waals surface area contributed by atoms with Crippen molar-refractivity contribution in [3.8, 4) is 0 Å². The van der Waals surface area contributed by atoms with E-state index in [2.05, 4.69) is 5.32 Å². The molecule has 0 aromatic carbocycles. The summed E-state index contributed by atoms with van der Waals surface area (Å²) >= 11 is 0. The first-order valence-corrected chi connectivity index (χ1v) is 5.82. The monoisotopic (exact) mass is 162 g/mol. The molecule has 0 radical (unpaired) electrons. The van der Waals surface area contributed by atoms with Crippen LogP contribution in [0.3, 0.4) is 0 Å². The van der Waals surface area contributed by atoms with Crippen molar-refractivity contribution >= 4 is 9.93 Å². The summed E-state index contributed by atoms with van der Waals surface area (Å²) in [7, 11) is -0.0883. The van der Waals surface area contributed by atoms with Crippen molar-refractivity contribution in [3.05, 3.63) is 11.2 Å². The maximum atomic E-state index is 11.4. The lowest BCUT2D eigenvalue weighted by Gasteiger charge is -2.12. The highest BCUT2D eigenvalue weighted by Crippen LogP contribution is 2.11. The molecule has 60 valence electrons. The second-order valence-electron chi connectivity index (χ2n) is 2.96. The van der Waals surface area contributed by atoms with Gasteiger partial charge in [0.2, 0.25) is 0 Å². The summed E-state index contributed by atoms with van der Waals surface area (Å²) in [5.74, 6) is 0. The molecule has 0 aromatic heterocycles. The molecule has 0 spiro atoms. The Morgan fingerprint density at radius 1 is 1.70 bits per heavy atom. The van der Waals surface area contributed by atoms with Crippen LogP contribution >= 0.6 is 0 Å². The summed E-state index contributed by atoms with van der Waals surface area (Å²) in [6.07, 6.45) is 5.44. The Kier molecular flexibility index (Phi) is 1.72. The van der Waals surface area contributed by atoms with Crippen molar-refractivity contribution < 1.29 is 4.21 Å². The number of hydrogen-bond donors (Lipinski definition) is 2. The summed E-state index contributed by atoms with van der Waals surface area (Å²) in [4.78, 5) is 1.98. The van der Waals surface area contributed by atoms with E-state index >= 15 is 0 Å². The van der Waals surface area contributed by atoms with Crippen molar-refractivity contribution in [1.29, 1.82) is 0 Å². The normalized spacial score (nSPS) is 20.3. The maximum absolute atomic E-state index is 11.4. The predicted octanol–water partition coefficient (Wildman–Crippen LogP) is -0.446. The number of thiol groups is 1. The molecule has 0 saturated heterocycles. The van der Waals surface area contributed by atoms with Crippen LogP contribution in [0.5, 0.6) is 0 Å². The van der Waals surface area contributed by atoms with Gasteiger partial charge in [-0.05, 0) is 12.5 Å². The van der Waals surface area contributed by atoms with Gasteiger partial charge in [-0.1, -0.05) is 9.93 Å². The van der Waals surface area contributed by atoms with Gasteiger partial charge in [0, 0.05) is 13.2 Å². The summed E-state index contributed by atoms with van der Waals surface area (Å²) in [6.45, 7) is 0.779. The van der Waals surface area contributed by atoms with Gasteiger partial charge in [0.05, 0.1) is 11.7 Å². The SMILES string of the molecule is CN1C=C([SH](C)(C)=O)NC1. The molecule has 0 aliphatic carbocycles. The Labute approximate surface area is 62.5 Å². The number of rotatable bonds is 1. The zero-order chi connectivity index (χ0) is 7.78. The van der Waals surface area contributed by atoms with E-state index in [-0.39, 0.29) is 0 Å². The van der Waals surface area contributed by atoms with Crippen LogP contribution in [0, 0.1) is 0 Å². The molecule has 1 heterocycles. The number of hydrogen-bond acceptors (Lipinski definition) is 3. The lowest BCUT2D eigenvalue weighted by molar-refractivity contribution is 0.474. The third-order valence-corrected chi connectivity index (χ3v) is 2.87. The standard InChI is InChI=1S/C6H14N2OS/c1-8-4-6(7-5-8)10(2,3)9/h4,7,10H,5H2,1-3H3. The van der Waals surface area contributed by atoms with Gasteiger partial charge in [-0.25, -0.2) is 0 Å². The quantitative estimate of drug-likeness (QED) is 0.512. The van der Waals surface area contributed by atoms with Crippen molar-refractivity contribution in [3.63, 3.8) is 0 Å². The van der Waals surface area contributed by atoms with Gasteiger partial charge >= 0.3 is 0 Å². The molecule has 4 heteroatoms. The van der Waals surface area contributed by atoms with E-state index in [0.717, 1.165) is 11.7 Å². The van der Waals surface area contributed by atoms with Crippen LogP contribution in [0.15, 0.2) is 11.2 Å². The second kappa shape index (κ2) is 2.27. The molecule has 0 unspecified atom stereocenters. The Hall–Kier alpha value is -0.510. The molecule has 1 N–H and O–H groups in total. The minimum atomic E-state index is -2.04. The molecule has 1 aliphatic rings. The van der Waals surface area contributed by atoms with Crippen LogP contribution in [0.25, 0.3) is 0 Å². The third kappa shape index (κ3) is 1.50. The minimum absolute atomic E-state index is 0.779. The highest BCUT2D eigenvalue weighted by Gasteiger charge is 2.14. The topological polar surface area (TPSA) is 32.3 Å². The van der Waals surface area contributed by atoms with E-state index in [4.69, 9.17) is 0 Å². The molecule has 0 aromatic rings. The second-order valence-corrected chi connectivity index (χ2v) is 6.14. The van der Waals surface area contributed by atoms with Gasteiger partial charge in [0.1, 0.15) is 0 Å². The molecule has 0 saturated carbocycles. The van der Waals surface area contributed by atoms with E-state index in [1.165, 1.54) is 0 Å². The van der Waals surface area contributed by atoms with Gasteiger partial charge in [-0.15, -0.1) is 0 Å². The summed E-state index contributed by atoms with van der Waals surface area (Å²) < 4.78 is 11.4. The van der Waals surface area contributed by atoms with Crippen molar-refractivity contribution in [2.45, 2.75) is 0 Å². The molecular formula is C6H14N2OS. The van der Waals surface area contributed by atoms with Crippen LogP contribution in [-0.2, 0) is 9.93 Å². The fourth-order valence-electron chi connectivity index (χ4n) is 0.835. The van der Waals surface area contributed by atoms with Crippen LogP contribution < -0.4 is 5.32 Å². The Bertz CT molecular complexity index is 206. The van der Waals surface area contributed by atoms with E-state index in [1.54, 1.807) is 12.5 Å². The number of nitrogens with zero attached hydrogens (tertiary/aromatic N) is 1. The van der Waals surface area contributed by atoms with Crippen molar-refractivity contribution in [2.24, 2.45) is 0 Å². The van der Waals surface area contributed by atoms with Crippen molar-refractivity contribution in [2.75, 3.05) is 26.2 Å².